The highest BCUT2D eigenvalue weighted by atomic mass is 32.1. The number of aromatic nitrogens is 5. The minimum Gasteiger partial charge on any atom is -0.352 e. The first kappa shape index (κ1) is 26.7. The highest BCUT2D eigenvalue weighted by molar-refractivity contribution is 7.17. The van der Waals surface area contributed by atoms with Crippen LogP contribution in [0.5, 0.6) is 0 Å². The third-order valence-electron chi connectivity index (χ3n) is 7.49. The van der Waals surface area contributed by atoms with Crippen LogP contribution in [0.3, 0.4) is 0 Å². The smallest absolute Gasteiger partial charge is 0.352 e. The van der Waals surface area contributed by atoms with Crippen molar-refractivity contribution in [3.63, 3.8) is 0 Å². The fraction of sp³-hybridized carbons (Fsp3) is 0.542. The molecule has 2 amide bonds. The summed E-state index contributed by atoms with van der Waals surface area (Å²) in [5, 5.41) is 20.1. The summed E-state index contributed by atoms with van der Waals surface area (Å²) >= 11 is 1.26. The number of fused-ring (bicyclic) bond motifs is 1. The Morgan fingerprint density at radius 2 is 1.95 bits per heavy atom. The molecule has 3 aromatic heterocycles. The van der Waals surface area contributed by atoms with Crippen molar-refractivity contribution in [2.75, 3.05) is 17.2 Å². The number of amides is 2. The summed E-state index contributed by atoms with van der Waals surface area (Å²) in [4.78, 5) is 26.7. The van der Waals surface area contributed by atoms with Crippen LogP contribution in [0.15, 0.2) is 12.4 Å². The van der Waals surface area contributed by atoms with Crippen LogP contribution in [0.25, 0.3) is 0 Å². The van der Waals surface area contributed by atoms with E-state index in [0.717, 1.165) is 15.6 Å². The molecule has 0 unspecified atom stereocenters. The van der Waals surface area contributed by atoms with Crippen LogP contribution in [0.2, 0.25) is 0 Å². The number of rotatable bonds is 8. The molecule has 2 fully saturated rings. The maximum atomic E-state index is 13.5. The molecule has 3 aliphatic rings. The minimum absolute atomic E-state index is 0.0659. The lowest BCUT2D eigenvalue weighted by Gasteiger charge is -2.25. The van der Waals surface area contributed by atoms with E-state index < -0.39 is 41.9 Å². The van der Waals surface area contributed by atoms with Crippen LogP contribution in [-0.2, 0) is 30.9 Å². The second kappa shape index (κ2) is 9.82. The molecule has 214 valence electrons. The Bertz CT molecular complexity index is 1470. The van der Waals surface area contributed by atoms with Gasteiger partial charge in [-0.1, -0.05) is 0 Å². The molecule has 2 saturated carbocycles. The molecule has 0 saturated heterocycles. The van der Waals surface area contributed by atoms with E-state index in [0.29, 0.717) is 36.2 Å². The van der Waals surface area contributed by atoms with Crippen molar-refractivity contribution in [2.45, 2.75) is 56.7 Å². The quantitative estimate of drug-likeness (QED) is 0.345. The first-order valence-electron chi connectivity index (χ1n) is 12.8. The monoisotopic (exact) mass is 584 g/mol. The molecule has 0 spiro atoms. The van der Waals surface area contributed by atoms with Crippen LogP contribution in [-0.4, -0.2) is 55.2 Å². The number of anilines is 3. The van der Waals surface area contributed by atoms with E-state index in [-0.39, 0.29) is 42.3 Å². The number of alkyl halides is 5. The van der Waals surface area contributed by atoms with E-state index in [1.807, 2.05) is 0 Å². The number of nitrogens with one attached hydrogen (secondary N) is 3. The van der Waals surface area contributed by atoms with Gasteiger partial charge < -0.3 is 16.0 Å². The first-order valence-corrected chi connectivity index (χ1v) is 13.6. The summed E-state index contributed by atoms with van der Waals surface area (Å²) in [5.74, 6) is -1.64. The average molecular weight is 585 g/mol. The van der Waals surface area contributed by atoms with Crippen molar-refractivity contribution < 1.29 is 31.5 Å². The van der Waals surface area contributed by atoms with Crippen LogP contribution in [0.1, 0.15) is 51.8 Å². The maximum Gasteiger partial charge on any atom is 0.435 e. The summed E-state index contributed by atoms with van der Waals surface area (Å²) in [6, 6.07) is 0.611. The molecule has 3 aliphatic carbocycles. The summed E-state index contributed by atoms with van der Waals surface area (Å²) in [5.41, 5.74) is -0.0760. The molecular formula is C24H25F5N8O2S. The SMILES string of the molecule is Cn1nc(C(F)(F)F)cc1Nc1nncn1[C@H]1CCc2sc(NC(=O)[C@H]3C[C@H]3F)c(C(=O)NC[C@H]3C[C@H]3F)c2C1. The molecule has 40 heavy (non-hydrogen) atoms. The molecule has 3 heterocycles. The van der Waals surface area contributed by atoms with E-state index in [2.05, 4.69) is 31.2 Å². The van der Waals surface area contributed by atoms with Gasteiger partial charge in [0.05, 0.1) is 11.5 Å². The van der Waals surface area contributed by atoms with Crippen LogP contribution >= 0.6 is 11.3 Å². The lowest BCUT2D eigenvalue weighted by Crippen LogP contribution is -2.29. The van der Waals surface area contributed by atoms with Crippen LogP contribution in [0.4, 0.5) is 38.7 Å². The molecule has 3 aromatic rings. The van der Waals surface area contributed by atoms with Gasteiger partial charge in [0.15, 0.2) is 5.69 Å². The molecule has 3 N–H and O–H groups in total. The zero-order valence-corrected chi connectivity index (χ0v) is 22.0. The van der Waals surface area contributed by atoms with Gasteiger partial charge in [0, 0.05) is 36.5 Å². The fourth-order valence-corrected chi connectivity index (χ4v) is 6.19. The molecular weight excluding hydrogens is 559 g/mol. The van der Waals surface area contributed by atoms with Gasteiger partial charge in [-0.25, -0.2) is 8.78 Å². The number of hydrogen-bond acceptors (Lipinski definition) is 7. The van der Waals surface area contributed by atoms with Gasteiger partial charge in [0.2, 0.25) is 11.9 Å². The topological polar surface area (TPSA) is 119 Å². The summed E-state index contributed by atoms with van der Waals surface area (Å²) in [6.45, 7) is 0.167. The third kappa shape index (κ3) is 5.15. The predicted octanol–water partition coefficient (Wildman–Crippen LogP) is 3.95. The maximum absolute atomic E-state index is 13.5. The summed E-state index contributed by atoms with van der Waals surface area (Å²) < 4.78 is 69.0. The Kier molecular flexibility index (Phi) is 6.54. The molecule has 16 heteroatoms. The number of carbonyl (C=O) groups is 2. The minimum atomic E-state index is -4.61. The van der Waals surface area contributed by atoms with Crippen molar-refractivity contribution in [1.82, 2.24) is 29.9 Å². The Balaban J connectivity index is 1.25. The molecule has 0 radical (unpaired) electrons. The third-order valence-corrected chi connectivity index (χ3v) is 8.69. The van der Waals surface area contributed by atoms with E-state index in [1.165, 1.54) is 24.7 Å². The van der Waals surface area contributed by atoms with Crippen molar-refractivity contribution in [1.29, 1.82) is 0 Å². The number of nitrogens with zero attached hydrogens (tertiary/aromatic N) is 5. The highest BCUT2D eigenvalue weighted by Gasteiger charge is 2.44. The molecule has 10 nitrogen and oxygen atoms in total. The number of hydrogen-bond donors (Lipinski definition) is 3. The van der Waals surface area contributed by atoms with Gasteiger partial charge in [-0.05, 0) is 37.7 Å². The van der Waals surface area contributed by atoms with E-state index in [4.69, 9.17) is 0 Å². The number of aryl methyl sites for hydroxylation is 2. The van der Waals surface area contributed by atoms with Gasteiger partial charge in [0.25, 0.3) is 5.91 Å². The van der Waals surface area contributed by atoms with Gasteiger partial charge in [-0.2, -0.15) is 18.3 Å². The lowest BCUT2D eigenvalue weighted by molar-refractivity contribution is -0.141. The Morgan fingerprint density at radius 1 is 1.20 bits per heavy atom. The largest absolute Gasteiger partial charge is 0.435 e. The van der Waals surface area contributed by atoms with E-state index in [9.17, 15) is 31.5 Å². The molecule has 0 bridgehead atoms. The zero-order valence-electron chi connectivity index (χ0n) is 21.1. The fourth-order valence-electron chi connectivity index (χ4n) is 4.94. The normalized spacial score (nSPS) is 25.3. The van der Waals surface area contributed by atoms with Gasteiger partial charge in [0.1, 0.15) is 29.5 Å². The summed E-state index contributed by atoms with van der Waals surface area (Å²) in [7, 11) is 1.37. The predicted molar refractivity (Wildman–Crippen MR) is 134 cm³/mol. The van der Waals surface area contributed by atoms with Gasteiger partial charge in [-0.3, -0.25) is 18.8 Å². The van der Waals surface area contributed by atoms with Crippen molar-refractivity contribution in [2.24, 2.45) is 18.9 Å². The van der Waals surface area contributed by atoms with Crippen LogP contribution in [0, 0.1) is 11.8 Å². The second-order valence-corrected chi connectivity index (χ2v) is 11.5. The average Bonchev–Trinajstić information content (AvgIpc) is 3.59. The Hall–Kier alpha value is -3.56. The highest BCUT2D eigenvalue weighted by Crippen LogP contribution is 2.43. The number of halogens is 5. The zero-order chi connectivity index (χ0) is 28.3. The summed E-state index contributed by atoms with van der Waals surface area (Å²) in [6.07, 6.45) is -3.26. The van der Waals surface area contributed by atoms with Crippen molar-refractivity contribution in [3.05, 3.63) is 34.1 Å². The second-order valence-electron chi connectivity index (χ2n) is 10.4. The Morgan fingerprint density at radius 3 is 2.60 bits per heavy atom. The van der Waals surface area contributed by atoms with Gasteiger partial charge in [-0.15, -0.1) is 21.5 Å². The Labute approximate surface area is 228 Å². The van der Waals surface area contributed by atoms with E-state index in [1.54, 1.807) is 4.57 Å². The van der Waals surface area contributed by atoms with Crippen molar-refractivity contribution >= 4 is 39.9 Å². The first-order chi connectivity index (χ1) is 19.0. The number of carbonyl (C=O) groups excluding carboxylic acids is 2. The molecule has 0 aromatic carbocycles. The van der Waals surface area contributed by atoms with E-state index >= 15 is 0 Å². The molecule has 5 atom stereocenters. The standard InChI is InChI=1S/C24H25F5N8O2S/c1-36-18(7-17(35-36)24(27,28)29)32-23-34-31-9-37(23)11-2-3-16-13(5-11)19(21(39)30-8-10-4-14(10)25)22(40-16)33-20(38)12-6-15(12)26/h7,9-12,14-15H,2-6,8H2,1H3,(H,30,39)(H,32,34)(H,33,38)/t10-,11+,12+,14-,15-/m1/s1. The lowest BCUT2D eigenvalue weighted by atomic mass is 9.91. The number of thiophene rings is 1. The van der Waals surface area contributed by atoms with Gasteiger partial charge >= 0.3 is 6.18 Å². The van der Waals surface area contributed by atoms with Crippen LogP contribution < -0.4 is 16.0 Å². The molecule has 0 aliphatic heterocycles. The van der Waals surface area contributed by atoms with Crippen molar-refractivity contribution in [3.8, 4) is 0 Å². The molecule has 6 rings (SSSR count).